The van der Waals surface area contributed by atoms with E-state index in [0.29, 0.717) is 22.2 Å². The van der Waals surface area contributed by atoms with Crippen molar-refractivity contribution in [1.82, 2.24) is 24.3 Å². The van der Waals surface area contributed by atoms with Gasteiger partial charge in [-0.2, -0.15) is 5.10 Å². The molecule has 1 fully saturated rings. The Labute approximate surface area is 214 Å². The highest BCUT2D eigenvalue weighted by atomic mass is 35.5. The van der Waals surface area contributed by atoms with Crippen molar-refractivity contribution in [2.45, 2.75) is 43.0 Å². The highest BCUT2D eigenvalue weighted by Gasteiger charge is 2.29. The lowest BCUT2D eigenvalue weighted by Crippen LogP contribution is -2.46. The van der Waals surface area contributed by atoms with Gasteiger partial charge in [-0.15, -0.1) is 0 Å². The van der Waals surface area contributed by atoms with Crippen molar-refractivity contribution in [3.05, 3.63) is 76.8 Å². The molecule has 184 valence electrons. The Balaban J connectivity index is 1.58. The first-order chi connectivity index (χ1) is 17.2. The monoisotopic (exact) mass is 521 g/mol. The molecule has 0 radical (unpaired) electrons. The molecule has 0 unspecified atom stereocenters. The number of benzene rings is 1. The standard InChI is InChI=1S/C26H24ClN5O3S/c1-26(2,16-33)31-36(34,35)24-4-3-13-28-21(24)12-9-19-15-29-32-23(18-5-6-18)14-22(30-25(19)32)17-7-10-20(27)11-8-17/h3-4,7-8,10-11,13-15,18,31,33H,5-6,16H2,1-2H3. The Bertz CT molecular complexity index is 1620. The van der Waals surface area contributed by atoms with Gasteiger partial charge in [0.1, 0.15) is 10.6 Å². The van der Waals surface area contributed by atoms with Gasteiger partial charge in [0.25, 0.3) is 0 Å². The minimum atomic E-state index is -3.97. The molecule has 0 amide bonds. The van der Waals surface area contributed by atoms with Crippen LogP contribution in [0.15, 0.2) is 59.8 Å². The summed E-state index contributed by atoms with van der Waals surface area (Å²) < 4.78 is 30.3. The topological polar surface area (TPSA) is 109 Å². The van der Waals surface area contributed by atoms with Crippen LogP contribution in [0.5, 0.6) is 0 Å². The Morgan fingerprint density at radius 1 is 1.19 bits per heavy atom. The summed E-state index contributed by atoms with van der Waals surface area (Å²) in [5.41, 5.74) is 3.00. The molecule has 5 rings (SSSR count). The van der Waals surface area contributed by atoms with Crippen molar-refractivity contribution >= 4 is 27.3 Å². The van der Waals surface area contributed by atoms with Gasteiger partial charge < -0.3 is 5.11 Å². The van der Waals surface area contributed by atoms with Crippen LogP contribution in [0.25, 0.3) is 16.9 Å². The predicted octanol–water partition coefficient (Wildman–Crippen LogP) is 3.77. The maximum Gasteiger partial charge on any atom is 0.243 e. The number of nitrogens with one attached hydrogen (secondary N) is 1. The summed E-state index contributed by atoms with van der Waals surface area (Å²) in [7, 11) is -3.97. The highest BCUT2D eigenvalue weighted by molar-refractivity contribution is 7.89. The Hall–Kier alpha value is -3.29. The van der Waals surface area contributed by atoms with Gasteiger partial charge in [-0.25, -0.2) is 27.6 Å². The van der Waals surface area contributed by atoms with Crippen LogP contribution < -0.4 is 4.72 Å². The quantitative estimate of drug-likeness (QED) is 0.374. The summed E-state index contributed by atoms with van der Waals surface area (Å²) >= 11 is 6.06. The third-order valence-corrected chi connectivity index (χ3v) is 7.80. The molecule has 3 aromatic heterocycles. The summed E-state index contributed by atoms with van der Waals surface area (Å²) in [6.07, 6.45) is 5.30. The van der Waals surface area contributed by atoms with Crippen molar-refractivity contribution in [2.24, 2.45) is 0 Å². The van der Waals surface area contributed by atoms with E-state index in [4.69, 9.17) is 16.6 Å². The van der Waals surface area contributed by atoms with Crippen LogP contribution in [-0.4, -0.2) is 45.3 Å². The van der Waals surface area contributed by atoms with E-state index >= 15 is 0 Å². The van der Waals surface area contributed by atoms with Gasteiger partial charge >= 0.3 is 0 Å². The predicted molar refractivity (Wildman–Crippen MR) is 137 cm³/mol. The van der Waals surface area contributed by atoms with Crippen molar-refractivity contribution in [1.29, 1.82) is 0 Å². The fraction of sp³-hybridized carbons (Fsp3) is 0.269. The molecule has 10 heteroatoms. The van der Waals surface area contributed by atoms with Gasteiger partial charge in [0.15, 0.2) is 5.65 Å². The largest absolute Gasteiger partial charge is 0.394 e. The summed E-state index contributed by atoms with van der Waals surface area (Å²) in [4.78, 5) is 8.95. The fourth-order valence-corrected chi connectivity index (χ4v) is 5.44. The SMILES string of the molecule is CC(C)(CO)NS(=O)(=O)c1cccnc1C#Cc1cnn2c(C3CC3)cc(-c3ccc(Cl)cc3)nc12. The molecule has 1 aromatic carbocycles. The summed E-state index contributed by atoms with van der Waals surface area (Å²) in [6.45, 7) is 2.82. The first-order valence-corrected chi connectivity index (χ1v) is 13.3. The number of fused-ring (bicyclic) bond motifs is 1. The van der Waals surface area contributed by atoms with Gasteiger partial charge in [0.2, 0.25) is 10.0 Å². The highest BCUT2D eigenvalue weighted by Crippen LogP contribution is 2.41. The third-order valence-electron chi connectivity index (χ3n) is 5.82. The number of hydrogen-bond donors (Lipinski definition) is 2. The van der Waals surface area contributed by atoms with Gasteiger partial charge in [-0.3, -0.25) is 0 Å². The zero-order chi connectivity index (χ0) is 25.5. The molecule has 0 aliphatic heterocycles. The average molecular weight is 522 g/mol. The number of rotatable bonds is 6. The van der Waals surface area contributed by atoms with E-state index in [1.165, 1.54) is 18.3 Å². The molecule has 0 saturated heterocycles. The molecule has 0 bridgehead atoms. The molecule has 0 spiro atoms. The molecule has 8 nitrogen and oxygen atoms in total. The zero-order valence-corrected chi connectivity index (χ0v) is 21.3. The molecule has 36 heavy (non-hydrogen) atoms. The van der Waals surface area contributed by atoms with Crippen LogP contribution in [0.4, 0.5) is 0 Å². The first-order valence-electron chi connectivity index (χ1n) is 11.4. The molecular formula is C26H24ClN5O3S. The number of aromatic nitrogens is 4. The van der Waals surface area contributed by atoms with E-state index in [-0.39, 0.29) is 17.2 Å². The second kappa shape index (κ2) is 9.30. The lowest BCUT2D eigenvalue weighted by Gasteiger charge is -2.23. The van der Waals surface area contributed by atoms with Crippen LogP contribution in [0.1, 0.15) is 49.6 Å². The minimum absolute atomic E-state index is 0.0658. The van der Waals surface area contributed by atoms with Gasteiger partial charge in [0, 0.05) is 28.4 Å². The van der Waals surface area contributed by atoms with Gasteiger partial charge in [-0.05, 0) is 62.9 Å². The lowest BCUT2D eigenvalue weighted by molar-refractivity contribution is 0.208. The van der Waals surface area contributed by atoms with Crippen molar-refractivity contribution in [2.75, 3.05) is 6.61 Å². The molecule has 2 N–H and O–H groups in total. The number of hydrogen-bond acceptors (Lipinski definition) is 6. The molecule has 3 heterocycles. The number of aliphatic hydroxyl groups excluding tert-OH is 1. The van der Waals surface area contributed by atoms with Crippen molar-refractivity contribution < 1.29 is 13.5 Å². The second-order valence-electron chi connectivity index (χ2n) is 9.39. The number of pyridine rings is 1. The Morgan fingerprint density at radius 2 is 1.94 bits per heavy atom. The molecule has 4 aromatic rings. The number of sulfonamides is 1. The van der Waals surface area contributed by atoms with Gasteiger partial charge in [0.05, 0.1) is 29.6 Å². The van der Waals surface area contributed by atoms with E-state index < -0.39 is 15.6 Å². The Morgan fingerprint density at radius 3 is 2.64 bits per heavy atom. The van der Waals surface area contributed by atoms with Crippen LogP contribution in [-0.2, 0) is 10.0 Å². The summed E-state index contributed by atoms with van der Waals surface area (Å²) in [5, 5.41) is 14.7. The van der Waals surface area contributed by atoms with Crippen molar-refractivity contribution in [3.8, 4) is 23.1 Å². The summed E-state index contributed by atoms with van der Waals surface area (Å²) in [5.74, 6) is 6.33. The van der Waals surface area contributed by atoms with E-state index in [9.17, 15) is 13.5 Å². The zero-order valence-electron chi connectivity index (χ0n) is 19.7. The van der Waals surface area contributed by atoms with E-state index in [0.717, 1.165) is 29.8 Å². The van der Waals surface area contributed by atoms with Crippen LogP contribution >= 0.6 is 11.6 Å². The number of aliphatic hydroxyl groups is 1. The first kappa shape index (κ1) is 24.4. The van der Waals surface area contributed by atoms with Crippen molar-refractivity contribution in [3.63, 3.8) is 0 Å². The smallest absolute Gasteiger partial charge is 0.243 e. The maximum atomic E-state index is 13.0. The molecule has 0 atom stereocenters. The number of halogens is 1. The normalized spacial score (nSPS) is 14.0. The molecular weight excluding hydrogens is 498 g/mol. The summed E-state index contributed by atoms with van der Waals surface area (Å²) in [6, 6.07) is 12.5. The van der Waals surface area contributed by atoms with E-state index in [2.05, 4.69) is 32.7 Å². The number of nitrogens with zero attached hydrogens (tertiary/aromatic N) is 4. The fourth-order valence-electron chi connectivity index (χ4n) is 3.79. The maximum absolute atomic E-state index is 13.0. The average Bonchev–Trinajstić information content (AvgIpc) is 3.62. The van der Waals surface area contributed by atoms with Gasteiger partial charge in [-0.1, -0.05) is 29.7 Å². The molecule has 1 aliphatic rings. The van der Waals surface area contributed by atoms with E-state index in [1.54, 1.807) is 20.0 Å². The lowest BCUT2D eigenvalue weighted by atomic mass is 10.1. The third kappa shape index (κ3) is 4.99. The van der Waals surface area contributed by atoms with Crippen LogP contribution in [0, 0.1) is 11.8 Å². The molecule has 1 aliphatic carbocycles. The van der Waals surface area contributed by atoms with E-state index in [1.807, 2.05) is 28.8 Å². The minimum Gasteiger partial charge on any atom is -0.394 e. The molecule has 1 saturated carbocycles. The Kier molecular flexibility index (Phi) is 6.30. The van der Waals surface area contributed by atoms with Crippen LogP contribution in [0.3, 0.4) is 0 Å². The van der Waals surface area contributed by atoms with Crippen LogP contribution in [0.2, 0.25) is 5.02 Å². The second-order valence-corrected chi connectivity index (χ2v) is 11.5.